The standard InChI is InChI=1S/C11H19N3/c1-8(2)11(7-9(3)12-5)14-10(4)13-6/h7,12H,1H2,2-6H3/b9-7-,13-10?,14-11?. The molecule has 0 atom stereocenters. The van der Waals surface area contributed by atoms with E-state index in [2.05, 4.69) is 21.9 Å². The van der Waals surface area contributed by atoms with Crippen LogP contribution in [0.1, 0.15) is 20.8 Å². The fraction of sp³-hybridized carbons (Fsp3) is 0.455. The molecule has 0 rings (SSSR count). The second kappa shape index (κ2) is 6.13. The molecule has 3 heteroatoms. The van der Waals surface area contributed by atoms with E-state index >= 15 is 0 Å². The third-order valence-electron chi connectivity index (χ3n) is 1.79. The zero-order chi connectivity index (χ0) is 11.1. The van der Waals surface area contributed by atoms with E-state index in [4.69, 9.17) is 0 Å². The summed E-state index contributed by atoms with van der Waals surface area (Å²) in [4.78, 5) is 8.32. The number of hydrogen-bond acceptors (Lipinski definition) is 2. The Bertz CT molecular complexity index is 296. The zero-order valence-electron chi connectivity index (χ0n) is 9.68. The molecule has 14 heavy (non-hydrogen) atoms. The van der Waals surface area contributed by atoms with E-state index in [1.807, 2.05) is 33.9 Å². The van der Waals surface area contributed by atoms with E-state index in [-0.39, 0.29) is 0 Å². The fourth-order valence-corrected chi connectivity index (χ4v) is 0.752. The Balaban J connectivity index is 4.97. The van der Waals surface area contributed by atoms with E-state index in [1.165, 1.54) is 0 Å². The van der Waals surface area contributed by atoms with Crippen LogP contribution in [0.4, 0.5) is 0 Å². The Labute approximate surface area is 86.3 Å². The van der Waals surface area contributed by atoms with E-state index in [0.29, 0.717) is 0 Å². The first-order valence-electron chi connectivity index (χ1n) is 4.55. The van der Waals surface area contributed by atoms with Crippen molar-refractivity contribution in [3.05, 3.63) is 23.9 Å². The summed E-state index contributed by atoms with van der Waals surface area (Å²) in [6, 6.07) is 0. The molecule has 0 spiro atoms. The molecule has 1 N–H and O–H groups in total. The Kier molecular flexibility index (Phi) is 5.53. The number of rotatable bonds is 3. The van der Waals surface area contributed by atoms with Crippen LogP contribution in [0.25, 0.3) is 0 Å². The molecular weight excluding hydrogens is 174 g/mol. The molecule has 0 aromatic rings. The van der Waals surface area contributed by atoms with Gasteiger partial charge in [-0.25, -0.2) is 4.99 Å². The molecule has 0 fully saturated rings. The monoisotopic (exact) mass is 193 g/mol. The molecule has 0 aliphatic heterocycles. The molecule has 0 aliphatic rings. The Morgan fingerprint density at radius 1 is 1.29 bits per heavy atom. The number of aliphatic imine (C=N–C) groups is 2. The zero-order valence-corrected chi connectivity index (χ0v) is 9.68. The molecule has 0 bridgehead atoms. The summed E-state index contributed by atoms with van der Waals surface area (Å²) < 4.78 is 0. The summed E-state index contributed by atoms with van der Waals surface area (Å²) in [7, 11) is 3.60. The van der Waals surface area contributed by atoms with Gasteiger partial charge < -0.3 is 5.32 Å². The summed E-state index contributed by atoms with van der Waals surface area (Å²) >= 11 is 0. The summed E-state index contributed by atoms with van der Waals surface area (Å²) in [5.41, 5.74) is 2.85. The van der Waals surface area contributed by atoms with Crippen molar-refractivity contribution in [2.24, 2.45) is 9.98 Å². The Morgan fingerprint density at radius 3 is 2.21 bits per heavy atom. The van der Waals surface area contributed by atoms with Crippen LogP contribution >= 0.6 is 0 Å². The van der Waals surface area contributed by atoms with Crippen molar-refractivity contribution in [3.63, 3.8) is 0 Å². The van der Waals surface area contributed by atoms with Crippen LogP contribution in [0.15, 0.2) is 33.9 Å². The summed E-state index contributed by atoms with van der Waals surface area (Å²) in [5.74, 6) is 0.753. The molecule has 0 saturated heterocycles. The number of allylic oxidation sites excluding steroid dienone is 3. The van der Waals surface area contributed by atoms with Crippen molar-refractivity contribution in [2.75, 3.05) is 14.1 Å². The molecule has 0 amide bonds. The van der Waals surface area contributed by atoms with E-state index < -0.39 is 0 Å². The molecule has 0 heterocycles. The van der Waals surface area contributed by atoms with Crippen LogP contribution in [0.5, 0.6) is 0 Å². The molecule has 3 nitrogen and oxygen atoms in total. The Hall–Kier alpha value is -1.38. The average molecular weight is 193 g/mol. The SMILES string of the molecule is C=C(C)C(/C=C(/C)NC)=NC(C)=NC. The maximum absolute atomic E-state index is 4.33. The first-order valence-corrected chi connectivity index (χ1v) is 4.55. The van der Waals surface area contributed by atoms with Crippen LogP contribution in [0.3, 0.4) is 0 Å². The van der Waals surface area contributed by atoms with Crippen molar-refractivity contribution in [1.29, 1.82) is 0 Å². The number of hydrogen-bond donors (Lipinski definition) is 1. The van der Waals surface area contributed by atoms with Gasteiger partial charge in [0.05, 0.1) is 5.71 Å². The smallest absolute Gasteiger partial charge is 0.120 e. The van der Waals surface area contributed by atoms with Gasteiger partial charge in [-0.15, -0.1) is 0 Å². The van der Waals surface area contributed by atoms with Crippen molar-refractivity contribution >= 4 is 11.5 Å². The normalized spacial score (nSPS) is 14.2. The van der Waals surface area contributed by atoms with Gasteiger partial charge in [-0.1, -0.05) is 6.58 Å². The topological polar surface area (TPSA) is 36.8 Å². The highest BCUT2D eigenvalue weighted by atomic mass is 14.9. The van der Waals surface area contributed by atoms with Gasteiger partial charge in [0, 0.05) is 19.8 Å². The molecule has 0 aliphatic carbocycles. The number of nitrogens with zero attached hydrogens (tertiary/aromatic N) is 2. The maximum Gasteiger partial charge on any atom is 0.120 e. The predicted octanol–water partition coefficient (Wildman–Crippen LogP) is 2.17. The minimum Gasteiger partial charge on any atom is -0.392 e. The first-order chi connectivity index (χ1) is 6.51. The molecular formula is C11H19N3. The molecule has 0 aromatic heterocycles. The van der Waals surface area contributed by atoms with E-state index in [9.17, 15) is 0 Å². The summed E-state index contributed by atoms with van der Waals surface area (Å²) in [6.07, 6.45) is 1.96. The highest BCUT2D eigenvalue weighted by molar-refractivity contribution is 6.12. The Morgan fingerprint density at radius 2 is 1.86 bits per heavy atom. The molecule has 0 radical (unpaired) electrons. The third-order valence-corrected chi connectivity index (χ3v) is 1.79. The van der Waals surface area contributed by atoms with Crippen LogP contribution < -0.4 is 5.32 Å². The average Bonchev–Trinajstić information content (AvgIpc) is 2.16. The van der Waals surface area contributed by atoms with Gasteiger partial charge in [-0.3, -0.25) is 4.99 Å². The lowest BCUT2D eigenvalue weighted by Gasteiger charge is -2.03. The second-order valence-corrected chi connectivity index (χ2v) is 3.13. The van der Waals surface area contributed by atoms with Crippen molar-refractivity contribution in [2.45, 2.75) is 20.8 Å². The van der Waals surface area contributed by atoms with Gasteiger partial charge in [0.2, 0.25) is 0 Å². The summed E-state index contributed by atoms with van der Waals surface area (Å²) in [5, 5.41) is 3.04. The highest BCUT2D eigenvalue weighted by Crippen LogP contribution is 1.99. The first kappa shape index (κ1) is 12.6. The number of amidine groups is 1. The molecule has 0 aromatic carbocycles. The maximum atomic E-state index is 4.33. The fourth-order valence-electron chi connectivity index (χ4n) is 0.752. The lowest BCUT2D eigenvalue weighted by molar-refractivity contribution is 0.993. The summed E-state index contributed by atoms with van der Waals surface area (Å²) in [6.45, 7) is 9.65. The van der Waals surface area contributed by atoms with Crippen molar-refractivity contribution in [3.8, 4) is 0 Å². The van der Waals surface area contributed by atoms with Crippen LogP contribution in [0, 0.1) is 0 Å². The van der Waals surface area contributed by atoms with Crippen molar-refractivity contribution in [1.82, 2.24) is 5.32 Å². The predicted molar refractivity (Wildman–Crippen MR) is 64.1 cm³/mol. The van der Waals surface area contributed by atoms with Gasteiger partial charge in [-0.2, -0.15) is 0 Å². The van der Waals surface area contributed by atoms with Gasteiger partial charge >= 0.3 is 0 Å². The van der Waals surface area contributed by atoms with Gasteiger partial charge in [0.1, 0.15) is 5.84 Å². The third kappa shape index (κ3) is 4.60. The quantitative estimate of drug-likeness (QED) is 0.541. The molecule has 0 saturated carbocycles. The van der Waals surface area contributed by atoms with Crippen LogP contribution in [0.2, 0.25) is 0 Å². The largest absolute Gasteiger partial charge is 0.392 e. The number of nitrogens with one attached hydrogen (secondary N) is 1. The van der Waals surface area contributed by atoms with Gasteiger partial charge in [0.25, 0.3) is 0 Å². The lowest BCUT2D eigenvalue weighted by Crippen LogP contribution is -2.07. The van der Waals surface area contributed by atoms with Crippen LogP contribution in [-0.4, -0.2) is 25.6 Å². The highest BCUT2D eigenvalue weighted by Gasteiger charge is 1.97. The molecule has 78 valence electrons. The van der Waals surface area contributed by atoms with E-state index in [1.54, 1.807) is 7.05 Å². The minimum atomic E-state index is 0.753. The minimum absolute atomic E-state index is 0.753. The molecule has 0 unspecified atom stereocenters. The van der Waals surface area contributed by atoms with Crippen LogP contribution in [-0.2, 0) is 0 Å². The second-order valence-electron chi connectivity index (χ2n) is 3.13. The van der Waals surface area contributed by atoms with E-state index in [0.717, 1.165) is 22.8 Å². The lowest BCUT2D eigenvalue weighted by atomic mass is 10.2. The van der Waals surface area contributed by atoms with Gasteiger partial charge in [0.15, 0.2) is 0 Å². The van der Waals surface area contributed by atoms with Crippen molar-refractivity contribution < 1.29 is 0 Å². The van der Waals surface area contributed by atoms with Gasteiger partial charge in [-0.05, 0) is 32.4 Å².